The summed E-state index contributed by atoms with van der Waals surface area (Å²) in [6, 6.07) is 0. The van der Waals surface area contributed by atoms with E-state index in [1.54, 1.807) is 7.11 Å². The Kier molecular flexibility index (Phi) is 3.32. The molecule has 0 aromatic rings. The predicted molar refractivity (Wildman–Crippen MR) is 29.2 cm³/mol. The predicted octanol–water partition coefficient (Wildman–Crippen LogP) is -0.0342. The summed E-state index contributed by atoms with van der Waals surface area (Å²) >= 11 is 0. The Balaban J connectivity index is 3.16. The van der Waals surface area contributed by atoms with Crippen LogP contribution in [0.25, 0.3) is 0 Å². The third kappa shape index (κ3) is 3.26. The summed E-state index contributed by atoms with van der Waals surface area (Å²) in [5.74, 6) is 4.79. The fourth-order valence-electron chi connectivity index (χ4n) is 0.182. The first-order valence-electron chi connectivity index (χ1n) is 2.07. The normalized spacial score (nSPS) is 15.1. The van der Waals surface area contributed by atoms with Crippen molar-refractivity contribution in [2.75, 3.05) is 7.11 Å². The first-order chi connectivity index (χ1) is 3.31. The number of methoxy groups -OCH3 is 1. The SMILES string of the molecule is COC(C)/C=N/N. The van der Waals surface area contributed by atoms with E-state index in [-0.39, 0.29) is 6.10 Å². The topological polar surface area (TPSA) is 47.6 Å². The monoisotopic (exact) mass is 102 g/mol. The molecule has 1 atom stereocenters. The van der Waals surface area contributed by atoms with E-state index in [0.717, 1.165) is 0 Å². The average molecular weight is 102 g/mol. The molecule has 0 amide bonds. The van der Waals surface area contributed by atoms with Gasteiger partial charge in [0.2, 0.25) is 0 Å². The average Bonchev–Trinajstić information content (AvgIpc) is 1.68. The maximum absolute atomic E-state index is 4.79. The van der Waals surface area contributed by atoms with Crippen LogP contribution in [0.1, 0.15) is 6.92 Å². The lowest BCUT2D eigenvalue weighted by Gasteiger charge is -1.97. The molecule has 0 heterocycles. The Hall–Kier alpha value is -0.570. The van der Waals surface area contributed by atoms with Gasteiger partial charge in [0.05, 0.1) is 12.3 Å². The van der Waals surface area contributed by atoms with Crippen LogP contribution >= 0.6 is 0 Å². The highest BCUT2D eigenvalue weighted by Gasteiger charge is 1.87. The first-order valence-corrected chi connectivity index (χ1v) is 2.07. The maximum Gasteiger partial charge on any atom is 0.0911 e. The van der Waals surface area contributed by atoms with E-state index in [1.165, 1.54) is 6.21 Å². The zero-order valence-corrected chi connectivity index (χ0v) is 4.59. The molecule has 0 radical (unpaired) electrons. The fraction of sp³-hybridized carbons (Fsp3) is 0.750. The van der Waals surface area contributed by atoms with E-state index in [0.29, 0.717) is 0 Å². The van der Waals surface area contributed by atoms with E-state index in [9.17, 15) is 0 Å². The smallest absolute Gasteiger partial charge is 0.0911 e. The third-order valence-electron chi connectivity index (χ3n) is 0.668. The minimum Gasteiger partial charge on any atom is -0.376 e. The van der Waals surface area contributed by atoms with Gasteiger partial charge in [0.15, 0.2) is 0 Å². The van der Waals surface area contributed by atoms with Gasteiger partial charge in [0.1, 0.15) is 0 Å². The Morgan fingerprint density at radius 1 is 1.86 bits per heavy atom. The summed E-state index contributed by atoms with van der Waals surface area (Å²) in [5, 5.41) is 3.26. The van der Waals surface area contributed by atoms with Crippen LogP contribution in [-0.4, -0.2) is 19.4 Å². The van der Waals surface area contributed by atoms with Crippen molar-refractivity contribution < 1.29 is 4.74 Å². The summed E-state index contributed by atoms with van der Waals surface area (Å²) < 4.78 is 4.76. The van der Waals surface area contributed by atoms with E-state index in [1.807, 2.05) is 6.92 Å². The number of ether oxygens (including phenoxy) is 1. The van der Waals surface area contributed by atoms with Gasteiger partial charge in [0, 0.05) is 7.11 Å². The Labute approximate surface area is 43.2 Å². The van der Waals surface area contributed by atoms with E-state index >= 15 is 0 Å². The summed E-state index contributed by atoms with van der Waals surface area (Å²) in [6.45, 7) is 1.86. The molecule has 0 aromatic carbocycles. The Morgan fingerprint density at radius 3 is 2.57 bits per heavy atom. The second-order valence-electron chi connectivity index (χ2n) is 1.24. The minimum atomic E-state index is 0.0324. The van der Waals surface area contributed by atoms with Crippen LogP contribution in [0.4, 0.5) is 0 Å². The number of hydrogen-bond acceptors (Lipinski definition) is 3. The molecule has 0 spiro atoms. The number of nitrogens with two attached hydrogens (primary N) is 1. The molecular formula is C4H10N2O. The number of hydrazone groups is 1. The van der Waals surface area contributed by atoms with Gasteiger partial charge >= 0.3 is 0 Å². The molecule has 2 N–H and O–H groups in total. The molecule has 0 saturated carbocycles. The molecule has 42 valence electrons. The third-order valence-corrected chi connectivity index (χ3v) is 0.668. The molecule has 0 fully saturated rings. The maximum atomic E-state index is 4.79. The number of nitrogens with zero attached hydrogens (tertiary/aromatic N) is 1. The molecule has 0 aliphatic carbocycles. The van der Waals surface area contributed by atoms with Crippen molar-refractivity contribution in [2.24, 2.45) is 10.9 Å². The molecule has 1 unspecified atom stereocenters. The van der Waals surface area contributed by atoms with Gasteiger partial charge in [-0.1, -0.05) is 0 Å². The second kappa shape index (κ2) is 3.61. The number of hydrogen-bond donors (Lipinski definition) is 1. The molecule has 3 heteroatoms. The van der Waals surface area contributed by atoms with Crippen molar-refractivity contribution in [1.82, 2.24) is 0 Å². The van der Waals surface area contributed by atoms with Crippen molar-refractivity contribution in [3.8, 4) is 0 Å². The summed E-state index contributed by atoms with van der Waals surface area (Å²) in [4.78, 5) is 0. The van der Waals surface area contributed by atoms with Crippen molar-refractivity contribution in [3.63, 3.8) is 0 Å². The van der Waals surface area contributed by atoms with Crippen molar-refractivity contribution in [1.29, 1.82) is 0 Å². The lowest BCUT2D eigenvalue weighted by Crippen LogP contribution is -2.06. The van der Waals surface area contributed by atoms with E-state index in [2.05, 4.69) is 5.10 Å². The quantitative estimate of drug-likeness (QED) is 0.302. The highest BCUT2D eigenvalue weighted by Crippen LogP contribution is 1.77. The zero-order chi connectivity index (χ0) is 5.70. The van der Waals surface area contributed by atoms with E-state index in [4.69, 9.17) is 10.6 Å². The zero-order valence-electron chi connectivity index (χ0n) is 4.59. The van der Waals surface area contributed by atoms with Crippen LogP contribution in [0.2, 0.25) is 0 Å². The van der Waals surface area contributed by atoms with Crippen LogP contribution in [0.3, 0.4) is 0 Å². The van der Waals surface area contributed by atoms with Gasteiger partial charge in [-0.05, 0) is 6.92 Å². The Bertz CT molecular complexity index is 62.7. The summed E-state index contributed by atoms with van der Waals surface area (Å²) in [6.07, 6.45) is 1.56. The van der Waals surface area contributed by atoms with Crippen LogP contribution < -0.4 is 5.84 Å². The molecule has 7 heavy (non-hydrogen) atoms. The lowest BCUT2D eigenvalue weighted by molar-refractivity contribution is 0.174. The second-order valence-corrected chi connectivity index (χ2v) is 1.24. The first kappa shape index (κ1) is 6.43. The van der Waals surface area contributed by atoms with Gasteiger partial charge in [0.25, 0.3) is 0 Å². The van der Waals surface area contributed by atoms with Crippen LogP contribution in [-0.2, 0) is 4.74 Å². The lowest BCUT2D eigenvalue weighted by atomic mass is 10.5. The minimum absolute atomic E-state index is 0.0324. The molecule has 3 nitrogen and oxygen atoms in total. The van der Waals surface area contributed by atoms with Gasteiger partial charge in [-0.25, -0.2) is 0 Å². The van der Waals surface area contributed by atoms with Crippen LogP contribution in [0.5, 0.6) is 0 Å². The summed E-state index contributed by atoms with van der Waals surface area (Å²) in [7, 11) is 1.60. The van der Waals surface area contributed by atoms with Gasteiger partial charge in [-0.3, -0.25) is 0 Å². The molecule has 0 bridgehead atoms. The van der Waals surface area contributed by atoms with E-state index < -0.39 is 0 Å². The molecule has 0 aliphatic heterocycles. The van der Waals surface area contributed by atoms with Crippen LogP contribution in [0.15, 0.2) is 5.10 Å². The molecular weight excluding hydrogens is 92.1 g/mol. The number of rotatable bonds is 2. The van der Waals surface area contributed by atoms with Crippen LogP contribution in [0, 0.1) is 0 Å². The molecule has 0 saturated heterocycles. The highest BCUT2D eigenvalue weighted by atomic mass is 16.5. The molecule has 0 rings (SSSR count). The van der Waals surface area contributed by atoms with Crippen molar-refractivity contribution in [3.05, 3.63) is 0 Å². The molecule has 0 aliphatic rings. The van der Waals surface area contributed by atoms with Gasteiger partial charge in [-0.15, -0.1) is 0 Å². The Morgan fingerprint density at radius 2 is 2.43 bits per heavy atom. The van der Waals surface area contributed by atoms with Crippen molar-refractivity contribution in [2.45, 2.75) is 13.0 Å². The highest BCUT2D eigenvalue weighted by molar-refractivity contribution is 5.61. The fourth-order valence-corrected chi connectivity index (χ4v) is 0.182. The van der Waals surface area contributed by atoms with Gasteiger partial charge < -0.3 is 10.6 Å². The molecule has 0 aromatic heterocycles. The largest absolute Gasteiger partial charge is 0.376 e. The van der Waals surface area contributed by atoms with Gasteiger partial charge in [-0.2, -0.15) is 5.10 Å². The summed E-state index contributed by atoms with van der Waals surface area (Å²) in [5.41, 5.74) is 0. The van der Waals surface area contributed by atoms with Crippen molar-refractivity contribution >= 4 is 6.21 Å². The standard InChI is InChI=1S/C4H10N2O/c1-4(7-2)3-6-5/h3-4H,5H2,1-2H3/b6-3+.